The lowest BCUT2D eigenvalue weighted by Gasteiger charge is -2.30. The number of nitrogens with zero attached hydrogens (tertiary/aromatic N) is 1. The van der Waals surface area contributed by atoms with Crippen LogP contribution in [0.15, 0.2) is 0 Å². The Hall–Kier alpha value is -0.650. The van der Waals surface area contributed by atoms with E-state index in [4.69, 9.17) is 9.47 Å². The van der Waals surface area contributed by atoms with E-state index < -0.39 is 11.4 Å². The largest absolute Gasteiger partial charge is 0.481 e. The SMILES string of the molecule is CCOCCN(CC)CC1(C(=O)O)CCOC1. The minimum atomic E-state index is -0.746. The molecule has 1 aliphatic rings. The van der Waals surface area contributed by atoms with Gasteiger partial charge in [-0.2, -0.15) is 0 Å². The predicted molar refractivity (Wildman–Crippen MR) is 64.1 cm³/mol. The summed E-state index contributed by atoms with van der Waals surface area (Å²) in [4.78, 5) is 13.5. The maximum atomic E-state index is 11.4. The van der Waals surface area contributed by atoms with Crippen LogP contribution in [-0.4, -0.2) is 62.0 Å². The topological polar surface area (TPSA) is 59.0 Å². The van der Waals surface area contributed by atoms with Crippen molar-refractivity contribution in [2.24, 2.45) is 5.41 Å². The van der Waals surface area contributed by atoms with E-state index in [-0.39, 0.29) is 0 Å². The van der Waals surface area contributed by atoms with Crippen molar-refractivity contribution in [3.8, 4) is 0 Å². The van der Waals surface area contributed by atoms with Gasteiger partial charge in [-0.25, -0.2) is 0 Å². The van der Waals surface area contributed by atoms with Crippen LogP contribution in [0.5, 0.6) is 0 Å². The molecule has 100 valence electrons. The molecule has 1 N–H and O–H groups in total. The Morgan fingerprint density at radius 2 is 2.29 bits per heavy atom. The molecule has 5 nitrogen and oxygen atoms in total. The lowest BCUT2D eigenvalue weighted by atomic mass is 9.87. The van der Waals surface area contributed by atoms with Gasteiger partial charge in [0.2, 0.25) is 0 Å². The highest BCUT2D eigenvalue weighted by Gasteiger charge is 2.43. The van der Waals surface area contributed by atoms with Crippen molar-refractivity contribution in [1.29, 1.82) is 0 Å². The number of hydrogen-bond acceptors (Lipinski definition) is 4. The molecular formula is C12H23NO4. The monoisotopic (exact) mass is 245 g/mol. The van der Waals surface area contributed by atoms with Crippen LogP contribution in [0.2, 0.25) is 0 Å². The number of carboxylic acid groups (broad SMARTS) is 1. The summed E-state index contributed by atoms with van der Waals surface area (Å²) in [6.07, 6.45) is 0.605. The van der Waals surface area contributed by atoms with Crippen LogP contribution in [0.4, 0.5) is 0 Å². The van der Waals surface area contributed by atoms with Gasteiger partial charge in [0.1, 0.15) is 5.41 Å². The van der Waals surface area contributed by atoms with Crippen molar-refractivity contribution in [3.63, 3.8) is 0 Å². The Bertz CT molecular complexity index is 239. The third-order valence-electron chi connectivity index (χ3n) is 3.29. The van der Waals surface area contributed by atoms with Gasteiger partial charge in [0.25, 0.3) is 0 Å². The zero-order chi connectivity index (χ0) is 12.7. The first-order chi connectivity index (χ1) is 8.14. The van der Waals surface area contributed by atoms with Crippen molar-refractivity contribution in [2.75, 3.05) is 46.1 Å². The van der Waals surface area contributed by atoms with Crippen molar-refractivity contribution in [2.45, 2.75) is 20.3 Å². The van der Waals surface area contributed by atoms with Gasteiger partial charge >= 0.3 is 5.97 Å². The van der Waals surface area contributed by atoms with Crippen molar-refractivity contribution >= 4 is 5.97 Å². The molecule has 5 heteroatoms. The molecule has 1 unspecified atom stereocenters. The first-order valence-electron chi connectivity index (χ1n) is 6.26. The first-order valence-corrected chi connectivity index (χ1v) is 6.26. The Morgan fingerprint density at radius 1 is 1.53 bits per heavy atom. The number of ether oxygens (including phenoxy) is 2. The second-order valence-electron chi connectivity index (χ2n) is 4.45. The van der Waals surface area contributed by atoms with Gasteiger partial charge in [-0.3, -0.25) is 4.79 Å². The van der Waals surface area contributed by atoms with Gasteiger partial charge in [0.15, 0.2) is 0 Å². The van der Waals surface area contributed by atoms with E-state index in [9.17, 15) is 9.90 Å². The summed E-state index contributed by atoms with van der Waals surface area (Å²) in [5.41, 5.74) is -0.720. The van der Waals surface area contributed by atoms with Crippen LogP contribution in [0.1, 0.15) is 20.3 Å². The lowest BCUT2D eigenvalue weighted by molar-refractivity contribution is -0.150. The summed E-state index contributed by atoms with van der Waals surface area (Å²) >= 11 is 0. The summed E-state index contributed by atoms with van der Waals surface area (Å²) in [5.74, 6) is -0.746. The van der Waals surface area contributed by atoms with Gasteiger partial charge < -0.3 is 19.5 Å². The lowest BCUT2D eigenvalue weighted by Crippen LogP contribution is -2.44. The van der Waals surface area contributed by atoms with Crippen LogP contribution < -0.4 is 0 Å². The Labute approximate surface area is 103 Å². The fourth-order valence-corrected chi connectivity index (χ4v) is 2.08. The summed E-state index contributed by atoms with van der Waals surface area (Å²) in [6.45, 7) is 8.39. The molecule has 1 rings (SSSR count). The highest BCUT2D eigenvalue weighted by Crippen LogP contribution is 2.30. The van der Waals surface area contributed by atoms with Crippen LogP contribution in [0.3, 0.4) is 0 Å². The van der Waals surface area contributed by atoms with Crippen LogP contribution in [-0.2, 0) is 14.3 Å². The number of hydrogen-bond donors (Lipinski definition) is 1. The van der Waals surface area contributed by atoms with E-state index in [1.54, 1.807) is 0 Å². The van der Waals surface area contributed by atoms with Crippen molar-refractivity contribution in [1.82, 2.24) is 4.90 Å². The van der Waals surface area contributed by atoms with Gasteiger partial charge in [0.05, 0.1) is 13.2 Å². The zero-order valence-electron chi connectivity index (χ0n) is 10.8. The molecule has 1 fully saturated rings. The smallest absolute Gasteiger partial charge is 0.313 e. The second kappa shape index (κ2) is 6.93. The summed E-state index contributed by atoms with van der Waals surface area (Å²) in [5, 5.41) is 9.34. The number of carboxylic acids is 1. The number of rotatable bonds is 8. The molecule has 0 aromatic rings. The van der Waals surface area contributed by atoms with Crippen molar-refractivity contribution < 1.29 is 19.4 Å². The zero-order valence-corrected chi connectivity index (χ0v) is 10.8. The molecule has 0 aromatic carbocycles. The summed E-state index contributed by atoms with van der Waals surface area (Å²) in [6, 6.07) is 0. The average Bonchev–Trinajstić information content (AvgIpc) is 2.78. The van der Waals surface area contributed by atoms with Gasteiger partial charge in [-0.15, -0.1) is 0 Å². The predicted octanol–water partition coefficient (Wildman–Crippen LogP) is 0.836. The van der Waals surface area contributed by atoms with E-state index >= 15 is 0 Å². The molecule has 0 spiro atoms. The fraction of sp³-hybridized carbons (Fsp3) is 0.917. The molecule has 17 heavy (non-hydrogen) atoms. The molecule has 0 amide bonds. The van der Waals surface area contributed by atoms with Crippen molar-refractivity contribution in [3.05, 3.63) is 0 Å². The number of aliphatic carboxylic acids is 1. The molecule has 0 bridgehead atoms. The number of likely N-dealkylation sites (N-methyl/N-ethyl adjacent to an activating group) is 1. The van der Waals surface area contributed by atoms with Gasteiger partial charge in [-0.1, -0.05) is 6.92 Å². The van der Waals surface area contributed by atoms with Crippen LogP contribution >= 0.6 is 0 Å². The molecule has 1 heterocycles. The molecule has 1 atom stereocenters. The van der Waals surface area contributed by atoms with Crippen LogP contribution in [0, 0.1) is 5.41 Å². The van der Waals surface area contributed by atoms with E-state index in [1.165, 1.54) is 0 Å². The van der Waals surface area contributed by atoms with E-state index in [0.29, 0.717) is 39.4 Å². The quantitative estimate of drug-likeness (QED) is 0.642. The normalized spacial score (nSPS) is 24.4. The van der Waals surface area contributed by atoms with E-state index in [0.717, 1.165) is 13.1 Å². The average molecular weight is 245 g/mol. The molecule has 0 radical (unpaired) electrons. The summed E-state index contributed by atoms with van der Waals surface area (Å²) < 4.78 is 10.6. The highest BCUT2D eigenvalue weighted by atomic mass is 16.5. The molecule has 1 aliphatic heterocycles. The molecule has 0 saturated carbocycles. The minimum absolute atomic E-state index is 0.327. The Morgan fingerprint density at radius 3 is 2.76 bits per heavy atom. The number of carbonyl (C=O) groups is 1. The molecule has 1 saturated heterocycles. The third kappa shape index (κ3) is 3.94. The fourth-order valence-electron chi connectivity index (χ4n) is 2.08. The van der Waals surface area contributed by atoms with E-state index in [1.807, 2.05) is 13.8 Å². The highest BCUT2D eigenvalue weighted by molar-refractivity contribution is 5.75. The Balaban J connectivity index is 2.49. The van der Waals surface area contributed by atoms with E-state index in [2.05, 4.69) is 4.90 Å². The van der Waals surface area contributed by atoms with Gasteiger partial charge in [-0.05, 0) is 19.9 Å². The first kappa shape index (κ1) is 14.4. The second-order valence-corrected chi connectivity index (χ2v) is 4.45. The third-order valence-corrected chi connectivity index (χ3v) is 3.29. The van der Waals surface area contributed by atoms with Crippen LogP contribution in [0.25, 0.3) is 0 Å². The molecule has 0 aromatic heterocycles. The summed E-state index contributed by atoms with van der Waals surface area (Å²) in [7, 11) is 0. The molecule has 0 aliphatic carbocycles. The maximum Gasteiger partial charge on any atom is 0.313 e. The standard InChI is InChI=1S/C12H23NO4/c1-3-13(6-8-16-4-2)9-12(11(14)15)5-7-17-10-12/h3-10H2,1-2H3,(H,14,15). The minimum Gasteiger partial charge on any atom is -0.481 e. The molecular weight excluding hydrogens is 222 g/mol. The Kier molecular flexibility index (Phi) is 5.88. The maximum absolute atomic E-state index is 11.4. The van der Waals surface area contributed by atoms with Gasteiger partial charge in [0, 0.05) is 26.3 Å².